The van der Waals surface area contributed by atoms with Gasteiger partial charge in [0.05, 0.1) is 12.7 Å². The van der Waals surface area contributed by atoms with Crippen LogP contribution >= 0.6 is 0 Å². The highest BCUT2D eigenvalue weighted by atomic mass is 32.2. The fourth-order valence-electron chi connectivity index (χ4n) is 1.95. The first-order chi connectivity index (χ1) is 9.36. The molecule has 2 rings (SSSR count). The third kappa shape index (κ3) is 2.54. The van der Waals surface area contributed by atoms with Crippen molar-refractivity contribution in [2.24, 2.45) is 0 Å². The number of carbonyl (C=O) groups is 2. The van der Waals surface area contributed by atoms with E-state index >= 15 is 0 Å². The Kier molecular flexibility index (Phi) is 3.82. The van der Waals surface area contributed by atoms with Crippen LogP contribution in [0.2, 0.25) is 0 Å². The van der Waals surface area contributed by atoms with Crippen LogP contribution in [0.15, 0.2) is 23.4 Å². The molecule has 1 unspecified atom stereocenters. The maximum Gasteiger partial charge on any atom is 0.245 e. The van der Waals surface area contributed by atoms with Crippen LogP contribution in [-0.4, -0.2) is 42.1 Å². The minimum Gasteiger partial charge on any atom is -0.294 e. The molecule has 9 heteroatoms. The standard InChI is InChI=1S/C11H12FN3O4S/c1-2-9-11(17)14-10(16)6-15(9)20(18,19)8-3-7(12)4-13-5-8/h3-5,9H,2,6H2,1H3,(H,14,16,17). The number of nitrogens with zero attached hydrogens (tertiary/aromatic N) is 2. The lowest BCUT2D eigenvalue weighted by molar-refractivity contribution is -0.137. The van der Waals surface area contributed by atoms with Crippen LogP contribution in [0.3, 0.4) is 0 Å². The number of hydrogen-bond acceptors (Lipinski definition) is 5. The number of pyridine rings is 1. The molecule has 2 heterocycles. The molecule has 108 valence electrons. The van der Waals surface area contributed by atoms with Crippen molar-refractivity contribution in [3.8, 4) is 0 Å². The number of rotatable bonds is 3. The summed E-state index contributed by atoms with van der Waals surface area (Å²) in [5, 5.41) is 2.07. The number of imide groups is 1. The second kappa shape index (κ2) is 5.25. The summed E-state index contributed by atoms with van der Waals surface area (Å²) in [6.07, 6.45) is 2.04. The highest BCUT2D eigenvalue weighted by molar-refractivity contribution is 7.89. The van der Waals surface area contributed by atoms with Crippen LogP contribution in [0.5, 0.6) is 0 Å². The highest BCUT2D eigenvalue weighted by Gasteiger charge is 2.40. The predicted molar refractivity (Wildman–Crippen MR) is 65.3 cm³/mol. The fraction of sp³-hybridized carbons (Fsp3) is 0.364. The SMILES string of the molecule is CCC1C(=O)NC(=O)CN1S(=O)(=O)c1cncc(F)c1. The maximum atomic E-state index is 13.1. The van der Waals surface area contributed by atoms with Crippen molar-refractivity contribution in [3.05, 3.63) is 24.3 Å². The van der Waals surface area contributed by atoms with E-state index in [1.54, 1.807) is 6.92 Å². The van der Waals surface area contributed by atoms with Crippen molar-refractivity contribution in [2.75, 3.05) is 6.54 Å². The van der Waals surface area contributed by atoms with E-state index in [0.717, 1.165) is 22.8 Å². The number of hydrogen-bond donors (Lipinski definition) is 1. The fourth-order valence-corrected chi connectivity index (χ4v) is 3.55. The lowest BCUT2D eigenvalue weighted by atomic mass is 10.2. The molecule has 1 aromatic rings. The molecule has 0 spiro atoms. The van der Waals surface area contributed by atoms with Gasteiger partial charge in [-0.1, -0.05) is 6.92 Å². The van der Waals surface area contributed by atoms with Crippen molar-refractivity contribution < 1.29 is 22.4 Å². The van der Waals surface area contributed by atoms with Gasteiger partial charge in [-0.25, -0.2) is 12.8 Å². The van der Waals surface area contributed by atoms with Gasteiger partial charge in [-0.3, -0.25) is 19.9 Å². The Hall–Kier alpha value is -1.87. The molecule has 2 amide bonds. The molecule has 1 atom stereocenters. The Morgan fingerprint density at radius 2 is 2.15 bits per heavy atom. The van der Waals surface area contributed by atoms with Gasteiger partial charge in [-0.2, -0.15) is 4.31 Å². The molecule has 1 fully saturated rings. The van der Waals surface area contributed by atoms with Crippen LogP contribution in [0.1, 0.15) is 13.3 Å². The molecule has 1 N–H and O–H groups in total. The van der Waals surface area contributed by atoms with Crippen LogP contribution in [-0.2, 0) is 19.6 Å². The van der Waals surface area contributed by atoms with Gasteiger partial charge in [0.2, 0.25) is 21.8 Å². The molecule has 0 bridgehead atoms. The molecule has 20 heavy (non-hydrogen) atoms. The summed E-state index contributed by atoms with van der Waals surface area (Å²) in [6.45, 7) is 1.13. The molecule has 1 aliphatic rings. The molecule has 0 aromatic carbocycles. The Morgan fingerprint density at radius 3 is 2.75 bits per heavy atom. The van der Waals surface area contributed by atoms with Gasteiger partial charge in [0, 0.05) is 6.20 Å². The van der Waals surface area contributed by atoms with Gasteiger partial charge in [0.1, 0.15) is 16.8 Å². The number of amides is 2. The van der Waals surface area contributed by atoms with Crippen molar-refractivity contribution >= 4 is 21.8 Å². The first-order valence-corrected chi connectivity index (χ1v) is 7.26. The molecule has 0 saturated carbocycles. The van der Waals surface area contributed by atoms with E-state index in [2.05, 4.69) is 10.3 Å². The predicted octanol–water partition coefficient (Wildman–Crippen LogP) is -0.354. The van der Waals surface area contributed by atoms with Crippen LogP contribution in [0, 0.1) is 5.82 Å². The number of piperazine rings is 1. The van der Waals surface area contributed by atoms with Gasteiger partial charge in [0.25, 0.3) is 0 Å². The quantitative estimate of drug-likeness (QED) is 0.770. The first-order valence-electron chi connectivity index (χ1n) is 5.82. The number of aromatic nitrogens is 1. The lowest BCUT2D eigenvalue weighted by Gasteiger charge is -2.32. The average Bonchev–Trinajstić information content (AvgIpc) is 2.38. The first kappa shape index (κ1) is 14.5. The molecule has 1 aliphatic heterocycles. The molecule has 1 saturated heterocycles. The molecule has 0 aliphatic carbocycles. The molecule has 1 aromatic heterocycles. The smallest absolute Gasteiger partial charge is 0.245 e. The van der Waals surface area contributed by atoms with Crippen LogP contribution in [0.25, 0.3) is 0 Å². The molecular formula is C11H12FN3O4S. The summed E-state index contributed by atoms with van der Waals surface area (Å²) in [7, 11) is -4.16. The van der Waals surface area contributed by atoms with Gasteiger partial charge in [-0.05, 0) is 12.5 Å². The van der Waals surface area contributed by atoms with E-state index in [9.17, 15) is 22.4 Å². The summed E-state index contributed by atoms with van der Waals surface area (Å²) >= 11 is 0. The topological polar surface area (TPSA) is 96.4 Å². The maximum absolute atomic E-state index is 13.1. The third-order valence-electron chi connectivity index (χ3n) is 2.89. The zero-order valence-corrected chi connectivity index (χ0v) is 11.4. The average molecular weight is 301 g/mol. The largest absolute Gasteiger partial charge is 0.294 e. The highest BCUT2D eigenvalue weighted by Crippen LogP contribution is 2.21. The Labute approximate surface area is 114 Å². The van der Waals surface area contributed by atoms with Gasteiger partial charge < -0.3 is 0 Å². The zero-order chi connectivity index (χ0) is 14.9. The zero-order valence-electron chi connectivity index (χ0n) is 10.5. The van der Waals surface area contributed by atoms with Gasteiger partial charge in [-0.15, -0.1) is 0 Å². The van der Waals surface area contributed by atoms with Crippen molar-refractivity contribution in [1.82, 2.24) is 14.6 Å². The lowest BCUT2D eigenvalue weighted by Crippen LogP contribution is -2.59. The normalized spacial score (nSPS) is 20.8. The van der Waals surface area contributed by atoms with Crippen LogP contribution in [0.4, 0.5) is 4.39 Å². The third-order valence-corrected chi connectivity index (χ3v) is 4.71. The van der Waals surface area contributed by atoms with E-state index in [-0.39, 0.29) is 6.42 Å². The second-order valence-corrected chi connectivity index (χ2v) is 6.12. The Balaban J connectivity index is 2.46. The summed E-state index contributed by atoms with van der Waals surface area (Å²) in [5.74, 6) is -2.21. The summed E-state index contributed by atoms with van der Waals surface area (Å²) in [6, 6.07) is -0.201. The summed E-state index contributed by atoms with van der Waals surface area (Å²) in [4.78, 5) is 26.1. The van der Waals surface area contributed by atoms with Crippen molar-refractivity contribution in [3.63, 3.8) is 0 Å². The number of nitrogens with one attached hydrogen (secondary N) is 1. The number of sulfonamides is 1. The summed E-state index contributed by atoms with van der Waals surface area (Å²) < 4.78 is 38.6. The minimum absolute atomic E-state index is 0.196. The second-order valence-electron chi connectivity index (χ2n) is 4.23. The van der Waals surface area contributed by atoms with Crippen molar-refractivity contribution in [2.45, 2.75) is 24.3 Å². The van der Waals surface area contributed by atoms with Gasteiger partial charge >= 0.3 is 0 Å². The van der Waals surface area contributed by atoms with E-state index in [1.165, 1.54) is 0 Å². The van der Waals surface area contributed by atoms with E-state index in [0.29, 0.717) is 0 Å². The Morgan fingerprint density at radius 1 is 1.45 bits per heavy atom. The molecule has 7 nitrogen and oxygen atoms in total. The molecule has 0 radical (unpaired) electrons. The van der Waals surface area contributed by atoms with E-state index in [1.807, 2.05) is 0 Å². The van der Waals surface area contributed by atoms with Gasteiger partial charge in [0.15, 0.2) is 0 Å². The van der Waals surface area contributed by atoms with Crippen molar-refractivity contribution in [1.29, 1.82) is 0 Å². The molecular weight excluding hydrogens is 289 g/mol. The van der Waals surface area contributed by atoms with E-state index in [4.69, 9.17) is 0 Å². The minimum atomic E-state index is -4.16. The van der Waals surface area contributed by atoms with E-state index < -0.39 is 45.1 Å². The summed E-state index contributed by atoms with van der Waals surface area (Å²) in [5.41, 5.74) is 0. The monoisotopic (exact) mass is 301 g/mol. The number of halogens is 1. The Bertz CT molecular complexity index is 661. The number of carbonyl (C=O) groups excluding carboxylic acids is 2. The van der Waals surface area contributed by atoms with Crippen LogP contribution < -0.4 is 5.32 Å².